The van der Waals surface area contributed by atoms with Crippen LogP contribution in [0.25, 0.3) is 0 Å². The van der Waals surface area contributed by atoms with Crippen LogP contribution in [0.4, 0.5) is 0 Å². The van der Waals surface area contributed by atoms with Gasteiger partial charge in [-0.1, -0.05) is 5.92 Å². The summed E-state index contributed by atoms with van der Waals surface area (Å²) in [4.78, 5) is 49.5. The van der Waals surface area contributed by atoms with E-state index in [0.717, 1.165) is 16.8 Å². The summed E-state index contributed by atoms with van der Waals surface area (Å²) in [5.41, 5.74) is -1.55. The molecule has 0 radical (unpaired) electrons. The van der Waals surface area contributed by atoms with Crippen molar-refractivity contribution in [3.8, 4) is 12.3 Å². The Balaban J connectivity index is 1.61. The lowest BCUT2D eigenvalue weighted by molar-refractivity contribution is -0.316. The molecule has 11 atom stereocenters. The van der Waals surface area contributed by atoms with Crippen LogP contribution in [0.3, 0.4) is 0 Å². The summed E-state index contributed by atoms with van der Waals surface area (Å²) < 4.78 is 48.4. The third-order valence-corrected chi connectivity index (χ3v) is 8.04. The van der Waals surface area contributed by atoms with E-state index in [0.29, 0.717) is 0 Å². The van der Waals surface area contributed by atoms with Crippen molar-refractivity contribution in [1.29, 1.82) is 0 Å². The molecule has 0 aliphatic carbocycles. The maximum atomic E-state index is 12.3. The number of nitrogens with one attached hydrogen (secondary N) is 2. The van der Waals surface area contributed by atoms with E-state index in [1.807, 2.05) is 10.9 Å². The van der Waals surface area contributed by atoms with Gasteiger partial charge in [0.15, 0.2) is 12.6 Å². The summed E-state index contributed by atoms with van der Waals surface area (Å²) in [6, 6.07) is -0.655. The molecule has 1 aromatic rings. The third kappa shape index (κ3) is 8.34. The summed E-state index contributed by atoms with van der Waals surface area (Å²) in [5.74, 6) is 1.91. The van der Waals surface area contributed by atoms with E-state index in [2.05, 4.69) is 18.7 Å². The fraction of sp³-hybridized carbons (Fsp3) is 0.667. The molecule has 21 heteroatoms. The lowest BCUT2D eigenvalue weighted by Gasteiger charge is -2.43. The highest BCUT2D eigenvalue weighted by molar-refractivity contribution is 7.59. The van der Waals surface area contributed by atoms with Crippen molar-refractivity contribution in [1.82, 2.24) is 14.9 Å². The Kier molecular flexibility index (Phi) is 10.4. The molecule has 2 fully saturated rings. The zero-order valence-corrected chi connectivity index (χ0v) is 21.4. The number of nitrogens with zero attached hydrogens (tertiary/aromatic N) is 1. The second-order valence-corrected chi connectivity index (χ2v) is 11.2. The number of aromatic amines is 1. The van der Waals surface area contributed by atoms with Crippen LogP contribution >= 0.6 is 15.6 Å². The summed E-state index contributed by atoms with van der Waals surface area (Å²) in [6.45, 7) is -1.43. The Morgan fingerprint density at radius 1 is 1.21 bits per heavy atom. The summed E-state index contributed by atoms with van der Waals surface area (Å²) in [5, 5.41) is 51.6. The number of terminal acetylenes is 1. The monoisotopic (exact) mass is 601 g/mol. The topological polar surface area (TPSA) is 294 Å². The zero-order chi connectivity index (χ0) is 29.1. The van der Waals surface area contributed by atoms with Crippen LogP contribution in [0.15, 0.2) is 21.9 Å². The average molecular weight is 601 g/mol. The number of hydrogen-bond acceptors (Lipinski definition) is 17. The molecule has 39 heavy (non-hydrogen) atoms. The number of hydrogen-bond donors (Lipinski definition) is 7. The minimum absolute atomic E-state index is 0.217. The number of aliphatic hydroxyl groups is 5. The van der Waals surface area contributed by atoms with Crippen molar-refractivity contribution >= 4 is 15.6 Å². The van der Waals surface area contributed by atoms with Crippen molar-refractivity contribution in [3.05, 3.63) is 33.1 Å². The molecule has 0 aromatic carbocycles. The highest BCUT2D eigenvalue weighted by Crippen LogP contribution is 2.57. The van der Waals surface area contributed by atoms with Crippen LogP contribution in [0.2, 0.25) is 0 Å². The number of aromatic nitrogens is 2. The molecule has 2 saturated heterocycles. The van der Waals surface area contributed by atoms with Crippen molar-refractivity contribution in [2.45, 2.75) is 61.8 Å². The minimum Gasteiger partial charge on any atom is -0.756 e. The third-order valence-electron chi connectivity index (χ3n) is 5.51. The number of H-pyrrole nitrogens is 1. The lowest BCUT2D eigenvalue weighted by atomic mass is 10.0. The Labute approximate surface area is 218 Å². The van der Waals surface area contributed by atoms with Gasteiger partial charge in [0.25, 0.3) is 21.2 Å². The second-order valence-electron chi connectivity index (χ2n) is 8.32. The lowest BCUT2D eigenvalue weighted by Crippen LogP contribution is -2.63. The first-order chi connectivity index (χ1) is 18.1. The van der Waals surface area contributed by atoms with Crippen LogP contribution in [-0.2, 0) is 32.0 Å². The maximum absolute atomic E-state index is 12.3. The zero-order valence-electron chi connectivity index (χ0n) is 19.6. The largest absolute Gasteiger partial charge is 0.756 e. The first-order valence-electron chi connectivity index (χ1n) is 11.0. The molecule has 7 unspecified atom stereocenters. The molecule has 2 aliphatic rings. The first-order valence-corrected chi connectivity index (χ1v) is 13.9. The predicted molar refractivity (Wildman–Crippen MR) is 119 cm³/mol. The number of phosphoric acid groups is 2. The van der Waals surface area contributed by atoms with Crippen molar-refractivity contribution in [2.24, 2.45) is 0 Å². The highest BCUT2D eigenvalue weighted by Gasteiger charge is 2.46. The van der Waals surface area contributed by atoms with E-state index in [4.69, 9.17) is 15.9 Å². The van der Waals surface area contributed by atoms with Gasteiger partial charge in [-0.15, -0.1) is 6.42 Å². The predicted octanol–water partition coefficient (Wildman–Crippen LogP) is -5.48. The van der Waals surface area contributed by atoms with Crippen molar-refractivity contribution < 1.29 is 67.3 Å². The molecular formula is C18H25N3O16P2-2. The standard InChI is InChI=1S/C18H27N3O16P2/c1-2-8(22)6-19-13-14(25)15(26)16(27)35-17(13)36-39(31,32)37-38(29,30)33-7-10-9(23)5-12(34-10)21-4-3-11(24)20-18(21)28/h1,3-4,8-10,12-17,19,22-23,25-27H,5-7H2,(H,29,30)(H,31,32)(H,20,24,28)/p-2/t8?,9?,10-,12-,13?,14?,15-,16?,17-/m1/s1. The molecule has 3 rings (SSSR count). The molecule has 220 valence electrons. The number of phosphoric ester groups is 2. The van der Waals surface area contributed by atoms with Crippen LogP contribution < -0.4 is 26.4 Å². The van der Waals surface area contributed by atoms with Crippen LogP contribution in [0.1, 0.15) is 12.6 Å². The van der Waals surface area contributed by atoms with Crippen LogP contribution in [0, 0.1) is 12.3 Å². The van der Waals surface area contributed by atoms with E-state index in [1.54, 1.807) is 0 Å². The van der Waals surface area contributed by atoms with Gasteiger partial charge in [0.2, 0.25) is 0 Å². The highest BCUT2D eigenvalue weighted by atomic mass is 31.3. The number of ether oxygens (including phenoxy) is 2. The number of aliphatic hydroxyl groups excluding tert-OH is 5. The average Bonchev–Trinajstić information content (AvgIpc) is 3.20. The van der Waals surface area contributed by atoms with Crippen molar-refractivity contribution in [2.75, 3.05) is 13.2 Å². The summed E-state index contributed by atoms with van der Waals surface area (Å²) >= 11 is 0. The molecule has 0 bridgehead atoms. The van der Waals surface area contributed by atoms with Gasteiger partial charge in [-0.2, -0.15) is 0 Å². The van der Waals surface area contributed by atoms with Gasteiger partial charge in [0.1, 0.15) is 30.6 Å². The summed E-state index contributed by atoms with van der Waals surface area (Å²) in [6.07, 6.45) is -7.67. The fourth-order valence-electron chi connectivity index (χ4n) is 3.61. The molecule has 0 saturated carbocycles. The van der Waals surface area contributed by atoms with E-state index in [-0.39, 0.29) is 6.42 Å². The van der Waals surface area contributed by atoms with Gasteiger partial charge in [0, 0.05) is 25.2 Å². The van der Waals surface area contributed by atoms with E-state index >= 15 is 0 Å². The smallest absolute Gasteiger partial charge is 0.330 e. The molecule has 0 spiro atoms. The Bertz CT molecular complexity index is 1250. The minimum atomic E-state index is -5.90. The molecular weight excluding hydrogens is 576 g/mol. The second kappa shape index (κ2) is 12.8. The van der Waals surface area contributed by atoms with Gasteiger partial charge in [-0.25, -0.2) is 9.11 Å². The van der Waals surface area contributed by atoms with Gasteiger partial charge < -0.3 is 54.6 Å². The Hall–Kier alpha value is -1.82. The Morgan fingerprint density at radius 3 is 2.54 bits per heavy atom. The molecule has 0 amide bonds. The van der Waals surface area contributed by atoms with Gasteiger partial charge >= 0.3 is 5.69 Å². The molecule has 19 nitrogen and oxygen atoms in total. The maximum Gasteiger partial charge on any atom is 0.330 e. The molecule has 7 N–H and O–H groups in total. The van der Waals surface area contributed by atoms with E-state index in [1.165, 1.54) is 0 Å². The van der Waals surface area contributed by atoms with Gasteiger partial charge in [-0.05, 0) is 0 Å². The van der Waals surface area contributed by atoms with Crippen molar-refractivity contribution in [3.63, 3.8) is 0 Å². The van der Waals surface area contributed by atoms with E-state index < -0.39 is 95.4 Å². The van der Waals surface area contributed by atoms with Crippen LogP contribution in [-0.4, -0.2) is 97.4 Å². The SMILES string of the molecule is C#CC(O)CNC1C(O)[C@@H](O)C(O)O[C@@H]1OP(=O)([O-])OP(=O)([O-])OC[C@H]1O[C@@H](n2ccc(=O)[nH]c2=O)CC1O. The normalized spacial score (nSPS) is 35.0. The summed E-state index contributed by atoms with van der Waals surface area (Å²) in [7, 11) is -11.6. The van der Waals surface area contributed by atoms with Crippen LogP contribution in [0.5, 0.6) is 0 Å². The molecule has 3 heterocycles. The first kappa shape index (κ1) is 31.7. The molecule has 2 aliphatic heterocycles. The quantitative estimate of drug-likeness (QED) is 0.0919. The van der Waals surface area contributed by atoms with Gasteiger partial charge in [-0.3, -0.25) is 28.0 Å². The number of rotatable bonds is 11. The van der Waals surface area contributed by atoms with Gasteiger partial charge in [0.05, 0.1) is 18.8 Å². The molecule has 1 aromatic heterocycles. The Morgan fingerprint density at radius 2 is 1.90 bits per heavy atom. The fourth-order valence-corrected chi connectivity index (χ4v) is 5.69. The van der Waals surface area contributed by atoms with E-state index in [9.17, 15) is 54.0 Å².